The number of hydrogen-bond donors (Lipinski definition) is 0. The van der Waals surface area contributed by atoms with Crippen LogP contribution in [0.4, 0.5) is 26.3 Å². The van der Waals surface area contributed by atoms with Crippen molar-refractivity contribution in [2.45, 2.75) is 107 Å². The van der Waals surface area contributed by atoms with Crippen molar-refractivity contribution in [3.05, 3.63) is 29.3 Å². The molecular weight excluding hydrogens is 470 g/mol. The molecule has 0 unspecified atom stereocenters. The molecule has 1 aromatic carbocycles. The second-order valence-electron chi connectivity index (χ2n) is 10.4. The second kappa shape index (κ2) is 13.2. The number of halogens is 6. The maximum absolute atomic E-state index is 14.0. The molecule has 1 saturated heterocycles. The van der Waals surface area contributed by atoms with Gasteiger partial charge in [0.15, 0.2) is 11.6 Å². The summed E-state index contributed by atoms with van der Waals surface area (Å²) in [4.78, 5) is 0. The summed E-state index contributed by atoms with van der Waals surface area (Å²) >= 11 is 0. The molecular formula is C26H38F6OSi. The Balaban J connectivity index is 1.32. The Morgan fingerprint density at radius 3 is 1.88 bits per heavy atom. The van der Waals surface area contributed by atoms with Crippen LogP contribution in [-0.2, 0) is 0 Å². The largest absolute Gasteiger partial charge is 0.573 e. The van der Waals surface area contributed by atoms with E-state index in [4.69, 9.17) is 0 Å². The summed E-state index contributed by atoms with van der Waals surface area (Å²) in [5.74, 6) is -2.51. The van der Waals surface area contributed by atoms with E-state index in [1.54, 1.807) is 0 Å². The van der Waals surface area contributed by atoms with Crippen LogP contribution in [-0.4, -0.2) is 21.8 Å². The smallest absolute Gasteiger partial charge is 0.399 e. The molecule has 0 radical (unpaired) electrons. The highest BCUT2D eigenvalue weighted by Gasteiger charge is 2.34. The minimum absolute atomic E-state index is 0.0237. The lowest BCUT2D eigenvalue weighted by atomic mass is 9.77. The van der Waals surface area contributed by atoms with E-state index < -0.39 is 32.5 Å². The molecule has 1 saturated carbocycles. The SMILES string of the molecule is FCCCC[SiH]1CCC(CCCC[C@H]2CC[C@H](c3cc(F)c(OC(F)(F)F)c(F)c3)CC2)CC1. The van der Waals surface area contributed by atoms with Gasteiger partial charge in [0, 0.05) is 8.80 Å². The van der Waals surface area contributed by atoms with E-state index in [9.17, 15) is 26.3 Å². The summed E-state index contributed by atoms with van der Waals surface area (Å²) in [7, 11) is -0.582. The third-order valence-corrected chi connectivity index (χ3v) is 11.5. The van der Waals surface area contributed by atoms with Gasteiger partial charge in [-0.2, -0.15) is 0 Å². The Labute approximate surface area is 201 Å². The van der Waals surface area contributed by atoms with Crippen molar-refractivity contribution in [1.29, 1.82) is 0 Å². The fourth-order valence-electron chi connectivity index (χ4n) is 6.02. The predicted molar refractivity (Wildman–Crippen MR) is 126 cm³/mol. The van der Waals surface area contributed by atoms with Gasteiger partial charge in [-0.25, -0.2) is 8.78 Å². The first-order valence-corrected chi connectivity index (χ1v) is 15.5. The van der Waals surface area contributed by atoms with Crippen molar-refractivity contribution in [2.75, 3.05) is 6.67 Å². The van der Waals surface area contributed by atoms with Crippen LogP contribution in [0.2, 0.25) is 18.1 Å². The first-order chi connectivity index (χ1) is 16.2. The lowest BCUT2D eigenvalue weighted by molar-refractivity contribution is -0.276. The summed E-state index contributed by atoms with van der Waals surface area (Å²) < 4.78 is 80.8. The first-order valence-electron chi connectivity index (χ1n) is 13.1. The molecule has 194 valence electrons. The highest BCUT2D eigenvalue weighted by molar-refractivity contribution is 6.58. The molecule has 0 amide bonds. The van der Waals surface area contributed by atoms with Gasteiger partial charge in [0.1, 0.15) is 0 Å². The summed E-state index contributed by atoms with van der Waals surface area (Å²) in [6, 6.07) is 6.18. The lowest BCUT2D eigenvalue weighted by Crippen LogP contribution is -2.21. The van der Waals surface area contributed by atoms with Crippen molar-refractivity contribution in [1.82, 2.24) is 0 Å². The average molecular weight is 509 g/mol. The van der Waals surface area contributed by atoms with Crippen LogP contribution in [0.25, 0.3) is 0 Å². The molecule has 3 rings (SSSR count). The second-order valence-corrected chi connectivity index (χ2v) is 13.9. The predicted octanol–water partition coefficient (Wildman–Crippen LogP) is 9.08. The lowest BCUT2D eigenvalue weighted by Gasteiger charge is -2.30. The van der Waals surface area contributed by atoms with Crippen molar-refractivity contribution < 1.29 is 31.1 Å². The summed E-state index contributed by atoms with van der Waals surface area (Å²) in [6.45, 7) is -0.170. The fourth-order valence-corrected chi connectivity index (χ4v) is 9.63. The molecule has 8 heteroatoms. The molecule has 2 aliphatic rings. The number of rotatable bonds is 11. The van der Waals surface area contributed by atoms with E-state index in [1.165, 1.54) is 56.7 Å². The van der Waals surface area contributed by atoms with E-state index >= 15 is 0 Å². The molecule has 1 heterocycles. The first kappa shape index (κ1) is 27.4. The number of ether oxygens (including phenoxy) is 1. The molecule has 1 aliphatic heterocycles. The van der Waals surface area contributed by atoms with Crippen molar-refractivity contribution in [3.8, 4) is 5.75 Å². The van der Waals surface area contributed by atoms with Crippen LogP contribution < -0.4 is 4.74 Å². The average Bonchev–Trinajstić information content (AvgIpc) is 2.80. The van der Waals surface area contributed by atoms with Gasteiger partial charge in [0.2, 0.25) is 5.75 Å². The Bertz CT molecular complexity index is 716. The maximum atomic E-state index is 14.0. The molecule has 34 heavy (non-hydrogen) atoms. The standard InChI is InChI=1S/C26H38F6OSi/c27-13-3-4-14-34-15-11-20(12-16-34)6-2-1-5-19-7-9-21(10-8-19)22-17-23(28)25(24(29)18-22)33-26(30,31)32/h17-21,34H,1-16H2/t19-,20?,21-,34?. The van der Waals surface area contributed by atoms with Gasteiger partial charge in [-0.1, -0.05) is 63.1 Å². The van der Waals surface area contributed by atoms with Crippen LogP contribution >= 0.6 is 0 Å². The maximum Gasteiger partial charge on any atom is 0.573 e. The zero-order chi connectivity index (χ0) is 24.6. The van der Waals surface area contributed by atoms with E-state index in [2.05, 4.69) is 4.74 Å². The minimum Gasteiger partial charge on any atom is -0.399 e. The Kier molecular flexibility index (Phi) is 10.7. The number of alkyl halides is 4. The van der Waals surface area contributed by atoms with Crippen LogP contribution in [0, 0.1) is 23.5 Å². The zero-order valence-electron chi connectivity index (χ0n) is 20.0. The highest BCUT2D eigenvalue weighted by atomic mass is 28.3. The third-order valence-electron chi connectivity index (χ3n) is 7.99. The molecule has 0 bridgehead atoms. The summed E-state index contributed by atoms with van der Waals surface area (Å²) in [6.07, 6.45) is 8.01. The van der Waals surface area contributed by atoms with Crippen LogP contribution in [0.3, 0.4) is 0 Å². The van der Waals surface area contributed by atoms with E-state index in [0.717, 1.165) is 56.6 Å². The quantitative estimate of drug-likeness (QED) is 0.165. The number of hydrogen-bond acceptors (Lipinski definition) is 1. The summed E-state index contributed by atoms with van der Waals surface area (Å²) in [5.41, 5.74) is 0.423. The molecule has 0 spiro atoms. The van der Waals surface area contributed by atoms with E-state index in [1.807, 2.05) is 0 Å². The monoisotopic (exact) mass is 508 g/mol. The van der Waals surface area contributed by atoms with Gasteiger partial charge >= 0.3 is 6.36 Å². The van der Waals surface area contributed by atoms with Gasteiger partial charge in [-0.05, 0) is 67.6 Å². The molecule has 2 fully saturated rings. The van der Waals surface area contributed by atoms with Crippen molar-refractivity contribution in [3.63, 3.8) is 0 Å². The summed E-state index contributed by atoms with van der Waals surface area (Å²) in [5, 5.41) is 0. The fraction of sp³-hybridized carbons (Fsp3) is 0.769. The third kappa shape index (κ3) is 8.79. The van der Waals surface area contributed by atoms with Gasteiger partial charge in [-0.3, -0.25) is 4.39 Å². The Hall–Kier alpha value is -1.18. The molecule has 0 atom stereocenters. The Morgan fingerprint density at radius 1 is 0.794 bits per heavy atom. The molecule has 0 N–H and O–H groups in total. The minimum atomic E-state index is -5.13. The van der Waals surface area contributed by atoms with Gasteiger partial charge in [0.05, 0.1) is 6.67 Å². The van der Waals surface area contributed by atoms with Crippen LogP contribution in [0.5, 0.6) is 5.75 Å². The van der Waals surface area contributed by atoms with Gasteiger partial charge < -0.3 is 4.74 Å². The normalized spacial score (nSPS) is 25.9. The molecule has 0 aromatic heterocycles. The van der Waals surface area contributed by atoms with E-state index in [0.29, 0.717) is 11.5 Å². The highest BCUT2D eigenvalue weighted by Crippen LogP contribution is 2.40. The molecule has 1 aliphatic carbocycles. The van der Waals surface area contributed by atoms with Crippen LogP contribution in [0.15, 0.2) is 12.1 Å². The van der Waals surface area contributed by atoms with Crippen molar-refractivity contribution in [2.24, 2.45) is 11.8 Å². The van der Waals surface area contributed by atoms with Gasteiger partial charge in [0.25, 0.3) is 0 Å². The van der Waals surface area contributed by atoms with E-state index in [-0.39, 0.29) is 12.6 Å². The van der Waals surface area contributed by atoms with Crippen molar-refractivity contribution >= 4 is 8.80 Å². The van der Waals surface area contributed by atoms with Crippen LogP contribution in [0.1, 0.15) is 88.5 Å². The number of benzene rings is 1. The molecule has 1 nitrogen and oxygen atoms in total. The number of unbranched alkanes of at least 4 members (excludes halogenated alkanes) is 2. The zero-order valence-corrected chi connectivity index (χ0v) is 21.1. The Morgan fingerprint density at radius 2 is 1.35 bits per heavy atom. The van der Waals surface area contributed by atoms with Gasteiger partial charge in [-0.15, -0.1) is 13.2 Å². The molecule has 1 aromatic rings. The topological polar surface area (TPSA) is 9.23 Å².